The van der Waals surface area contributed by atoms with Gasteiger partial charge in [-0.2, -0.15) is 0 Å². The second kappa shape index (κ2) is 3.56. The highest BCUT2D eigenvalue weighted by atomic mass is 16.2. The molecule has 3 amide bonds. The Labute approximate surface area is 71.9 Å². The van der Waals surface area contributed by atoms with Gasteiger partial charge in [-0.3, -0.25) is 9.69 Å². The quantitative estimate of drug-likeness (QED) is 0.664. The van der Waals surface area contributed by atoms with Gasteiger partial charge in [0.2, 0.25) is 5.91 Å². The summed E-state index contributed by atoms with van der Waals surface area (Å²) in [6, 6.07) is -0.265. The monoisotopic (exact) mass is 170 g/mol. The molecule has 0 aromatic rings. The van der Waals surface area contributed by atoms with Crippen LogP contribution in [0.4, 0.5) is 4.79 Å². The number of hydrogen-bond acceptors (Lipinski definition) is 2. The highest BCUT2D eigenvalue weighted by Crippen LogP contribution is 2.06. The average molecular weight is 170 g/mol. The molecule has 1 unspecified atom stereocenters. The third kappa shape index (κ3) is 1.75. The van der Waals surface area contributed by atoms with E-state index in [0.29, 0.717) is 13.0 Å². The van der Waals surface area contributed by atoms with Gasteiger partial charge in [0.05, 0.1) is 0 Å². The second-order valence-corrected chi connectivity index (χ2v) is 3.10. The fraction of sp³-hybridized carbons (Fsp3) is 0.750. The van der Waals surface area contributed by atoms with Crippen molar-refractivity contribution in [2.24, 2.45) is 0 Å². The van der Waals surface area contributed by atoms with Crippen molar-refractivity contribution in [3.63, 3.8) is 0 Å². The van der Waals surface area contributed by atoms with Crippen LogP contribution < -0.4 is 5.32 Å². The van der Waals surface area contributed by atoms with E-state index in [4.69, 9.17) is 0 Å². The maximum absolute atomic E-state index is 11.3. The summed E-state index contributed by atoms with van der Waals surface area (Å²) in [6.45, 7) is 4.30. The third-order valence-electron chi connectivity index (χ3n) is 1.84. The van der Waals surface area contributed by atoms with E-state index in [2.05, 4.69) is 5.32 Å². The van der Waals surface area contributed by atoms with Gasteiger partial charge in [0, 0.05) is 19.0 Å². The molecule has 0 bridgehead atoms. The molecule has 1 N–H and O–H groups in total. The average Bonchev–Trinajstić information content (AvgIpc) is 1.96. The number of rotatable bonds is 2. The van der Waals surface area contributed by atoms with Crippen LogP contribution in [-0.4, -0.2) is 29.4 Å². The van der Waals surface area contributed by atoms with Crippen LogP contribution >= 0.6 is 0 Å². The van der Waals surface area contributed by atoms with Crippen molar-refractivity contribution in [1.29, 1.82) is 0 Å². The number of nitrogens with one attached hydrogen (secondary N) is 1. The van der Waals surface area contributed by atoms with Gasteiger partial charge in [-0.25, -0.2) is 4.79 Å². The topological polar surface area (TPSA) is 49.4 Å². The summed E-state index contributed by atoms with van der Waals surface area (Å²) in [7, 11) is 0. The Hall–Kier alpha value is -1.06. The minimum Gasteiger partial charge on any atom is -0.335 e. The number of carbonyl (C=O) groups excluding carboxylic acids is 2. The van der Waals surface area contributed by atoms with Crippen molar-refractivity contribution in [2.75, 3.05) is 6.54 Å². The van der Waals surface area contributed by atoms with Crippen LogP contribution in [0.15, 0.2) is 0 Å². The van der Waals surface area contributed by atoms with Gasteiger partial charge in [-0.05, 0) is 13.3 Å². The fourth-order valence-corrected chi connectivity index (χ4v) is 1.27. The number of nitrogens with zero attached hydrogens (tertiary/aromatic N) is 1. The van der Waals surface area contributed by atoms with Gasteiger partial charge in [0.25, 0.3) is 0 Å². The van der Waals surface area contributed by atoms with E-state index in [1.165, 1.54) is 4.90 Å². The van der Waals surface area contributed by atoms with Crippen LogP contribution in [0.3, 0.4) is 0 Å². The largest absolute Gasteiger partial charge is 0.335 e. The van der Waals surface area contributed by atoms with Crippen LogP contribution in [-0.2, 0) is 4.79 Å². The lowest BCUT2D eigenvalue weighted by molar-refractivity contribution is -0.130. The molecule has 4 nitrogen and oxygen atoms in total. The molecule has 0 saturated carbocycles. The highest BCUT2D eigenvalue weighted by Gasteiger charge is 2.28. The molecule has 1 heterocycles. The molecular weight excluding hydrogens is 156 g/mol. The summed E-state index contributed by atoms with van der Waals surface area (Å²) in [4.78, 5) is 23.7. The van der Waals surface area contributed by atoms with Gasteiger partial charge >= 0.3 is 6.03 Å². The van der Waals surface area contributed by atoms with Crippen LogP contribution in [0, 0.1) is 0 Å². The minimum absolute atomic E-state index is 0.0156. The Balaban J connectivity index is 2.61. The van der Waals surface area contributed by atoms with Crippen molar-refractivity contribution in [1.82, 2.24) is 10.2 Å². The molecule has 0 aliphatic carbocycles. The molecule has 4 heteroatoms. The molecule has 1 saturated heterocycles. The van der Waals surface area contributed by atoms with E-state index in [1.54, 1.807) is 0 Å². The normalized spacial score (nSPS) is 24.2. The summed E-state index contributed by atoms with van der Waals surface area (Å²) in [5, 5.41) is 2.71. The first-order valence-corrected chi connectivity index (χ1v) is 4.26. The molecule has 12 heavy (non-hydrogen) atoms. The lowest BCUT2D eigenvalue weighted by Gasteiger charge is -2.29. The van der Waals surface area contributed by atoms with Crippen molar-refractivity contribution >= 4 is 11.9 Å². The number of amides is 3. The van der Waals surface area contributed by atoms with E-state index in [9.17, 15) is 9.59 Å². The van der Waals surface area contributed by atoms with Crippen molar-refractivity contribution in [2.45, 2.75) is 32.7 Å². The van der Waals surface area contributed by atoms with Crippen LogP contribution in [0.1, 0.15) is 26.7 Å². The molecule has 68 valence electrons. The van der Waals surface area contributed by atoms with E-state index < -0.39 is 0 Å². The predicted octanol–water partition coefficient (Wildman–Crippen LogP) is 0.727. The zero-order chi connectivity index (χ0) is 9.14. The zero-order valence-electron chi connectivity index (χ0n) is 7.46. The number of hydrogen-bond donors (Lipinski definition) is 1. The van der Waals surface area contributed by atoms with E-state index in [-0.39, 0.29) is 18.0 Å². The summed E-state index contributed by atoms with van der Waals surface area (Å²) < 4.78 is 0. The molecule has 1 aliphatic rings. The maximum atomic E-state index is 11.3. The fourth-order valence-electron chi connectivity index (χ4n) is 1.27. The van der Waals surface area contributed by atoms with Crippen LogP contribution in [0.5, 0.6) is 0 Å². The smallest absolute Gasteiger partial charge is 0.324 e. The van der Waals surface area contributed by atoms with Crippen LogP contribution in [0.25, 0.3) is 0 Å². The molecule has 0 radical (unpaired) electrons. The molecule has 1 fully saturated rings. The lowest BCUT2D eigenvalue weighted by atomic mass is 10.2. The van der Waals surface area contributed by atoms with E-state index in [1.807, 2.05) is 13.8 Å². The van der Waals surface area contributed by atoms with Gasteiger partial charge in [0.15, 0.2) is 0 Å². The molecule has 0 aromatic carbocycles. The lowest BCUT2D eigenvalue weighted by Crippen LogP contribution is -2.53. The maximum Gasteiger partial charge on any atom is 0.324 e. The Morgan fingerprint density at radius 1 is 1.58 bits per heavy atom. The Morgan fingerprint density at radius 2 is 2.25 bits per heavy atom. The zero-order valence-corrected chi connectivity index (χ0v) is 7.46. The molecule has 1 aliphatic heterocycles. The third-order valence-corrected chi connectivity index (χ3v) is 1.84. The van der Waals surface area contributed by atoms with Crippen LogP contribution in [0.2, 0.25) is 0 Å². The first-order valence-electron chi connectivity index (χ1n) is 4.26. The number of carbonyl (C=O) groups is 2. The summed E-state index contributed by atoms with van der Waals surface area (Å²) in [5.41, 5.74) is 0. The van der Waals surface area contributed by atoms with E-state index in [0.717, 1.165) is 6.42 Å². The first kappa shape index (κ1) is 9.03. The number of urea groups is 1. The SMILES string of the molecule is CCCN1C(=O)CC(C)NC1=O. The van der Waals surface area contributed by atoms with Gasteiger partial charge in [-0.15, -0.1) is 0 Å². The molecular formula is C8H14N2O2. The standard InChI is InChI=1S/C8H14N2O2/c1-3-4-10-7(11)5-6(2)9-8(10)12/h6H,3-5H2,1-2H3,(H,9,12). The summed E-state index contributed by atoms with van der Waals surface area (Å²) in [6.07, 6.45) is 1.24. The van der Waals surface area contributed by atoms with Gasteiger partial charge < -0.3 is 5.32 Å². The van der Waals surface area contributed by atoms with Gasteiger partial charge in [0.1, 0.15) is 0 Å². The van der Waals surface area contributed by atoms with Crippen molar-refractivity contribution in [3.8, 4) is 0 Å². The summed E-state index contributed by atoms with van der Waals surface area (Å²) >= 11 is 0. The molecule has 0 spiro atoms. The van der Waals surface area contributed by atoms with E-state index >= 15 is 0 Å². The summed E-state index contributed by atoms with van der Waals surface area (Å²) in [5.74, 6) is -0.0619. The molecule has 1 rings (SSSR count). The Bertz CT molecular complexity index is 185. The second-order valence-electron chi connectivity index (χ2n) is 3.10. The minimum atomic E-state index is -0.249. The molecule has 0 aromatic heterocycles. The number of imide groups is 1. The van der Waals surface area contributed by atoms with Crippen molar-refractivity contribution in [3.05, 3.63) is 0 Å². The Morgan fingerprint density at radius 3 is 2.75 bits per heavy atom. The Kier molecular flexibility index (Phi) is 2.68. The predicted molar refractivity (Wildman–Crippen MR) is 44.6 cm³/mol. The van der Waals surface area contributed by atoms with Gasteiger partial charge in [-0.1, -0.05) is 6.92 Å². The van der Waals surface area contributed by atoms with Crippen molar-refractivity contribution < 1.29 is 9.59 Å². The highest BCUT2D eigenvalue weighted by molar-refractivity contribution is 5.97. The first-order chi connectivity index (χ1) is 5.65. The molecule has 1 atom stereocenters.